The fourth-order valence-electron chi connectivity index (χ4n) is 1.41. The van der Waals surface area contributed by atoms with Crippen LogP contribution in [0.3, 0.4) is 0 Å². The lowest BCUT2D eigenvalue weighted by Crippen LogP contribution is -2.32. The standard InChI is InChI=1S/C11H19N3O2/c1-3-7-16-8-10(14-12)9-5-4-6-13-11(9)15-2/h4-6,10,14H,3,7-8,12H2,1-2H3. The Morgan fingerprint density at radius 1 is 1.56 bits per heavy atom. The molecule has 1 aromatic rings. The van der Waals surface area contributed by atoms with Crippen LogP contribution < -0.4 is 16.0 Å². The molecule has 0 saturated carbocycles. The summed E-state index contributed by atoms with van der Waals surface area (Å²) in [7, 11) is 1.59. The quantitative estimate of drug-likeness (QED) is 0.412. The van der Waals surface area contributed by atoms with E-state index in [9.17, 15) is 0 Å². The van der Waals surface area contributed by atoms with Crippen molar-refractivity contribution < 1.29 is 9.47 Å². The van der Waals surface area contributed by atoms with Crippen molar-refractivity contribution >= 4 is 0 Å². The van der Waals surface area contributed by atoms with Gasteiger partial charge in [0.1, 0.15) is 0 Å². The number of ether oxygens (including phenoxy) is 2. The van der Waals surface area contributed by atoms with Gasteiger partial charge in [-0.2, -0.15) is 0 Å². The molecule has 0 fully saturated rings. The number of hydrazine groups is 1. The molecule has 0 aliphatic carbocycles. The van der Waals surface area contributed by atoms with Crippen molar-refractivity contribution in [2.24, 2.45) is 5.84 Å². The summed E-state index contributed by atoms with van der Waals surface area (Å²) in [6.07, 6.45) is 2.67. The van der Waals surface area contributed by atoms with Gasteiger partial charge in [-0.3, -0.25) is 11.3 Å². The highest BCUT2D eigenvalue weighted by molar-refractivity contribution is 5.28. The molecular weight excluding hydrogens is 206 g/mol. The Morgan fingerprint density at radius 3 is 3.00 bits per heavy atom. The third-order valence-electron chi connectivity index (χ3n) is 2.20. The second kappa shape index (κ2) is 7.16. The summed E-state index contributed by atoms with van der Waals surface area (Å²) in [6, 6.07) is 3.67. The highest BCUT2D eigenvalue weighted by Gasteiger charge is 2.15. The molecule has 0 saturated heterocycles. The monoisotopic (exact) mass is 225 g/mol. The number of nitrogens with one attached hydrogen (secondary N) is 1. The van der Waals surface area contributed by atoms with Gasteiger partial charge in [0.2, 0.25) is 5.88 Å². The van der Waals surface area contributed by atoms with E-state index >= 15 is 0 Å². The van der Waals surface area contributed by atoms with Crippen molar-refractivity contribution in [3.05, 3.63) is 23.9 Å². The van der Waals surface area contributed by atoms with Crippen molar-refractivity contribution in [1.29, 1.82) is 0 Å². The third-order valence-corrected chi connectivity index (χ3v) is 2.20. The van der Waals surface area contributed by atoms with E-state index in [1.54, 1.807) is 13.3 Å². The van der Waals surface area contributed by atoms with Crippen LogP contribution >= 0.6 is 0 Å². The first-order valence-electron chi connectivity index (χ1n) is 5.36. The third kappa shape index (κ3) is 3.44. The van der Waals surface area contributed by atoms with Gasteiger partial charge in [-0.05, 0) is 12.5 Å². The molecule has 1 heterocycles. The first kappa shape index (κ1) is 12.9. The Kier molecular flexibility index (Phi) is 5.77. The van der Waals surface area contributed by atoms with Gasteiger partial charge >= 0.3 is 0 Å². The first-order chi connectivity index (χ1) is 7.83. The second-order valence-corrected chi connectivity index (χ2v) is 3.40. The summed E-state index contributed by atoms with van der Waals surface area (Å²) in [4.78, 5) is 4.12. The number of hydrogen-bond acceptors (Lipinski definition) is 5. The average molecular weight is 225 g/mol. The van der Waals surface area contributed by atoms with Crippen molar-refractivity contribution in [2.45, 2.75) is 19.4 Å². The number of rotatable bonds is 7. The van der Waals surface area contributed by atoms with E-state index in [-0.39, 0.29) is 6.04 Å². The van der Waals surface area contributed by atoms with Crippen LogP contribution in [0.1, 0.15) is 24.9 Å². The normalized spacial score (nSPS) is 12.4. The molecule has 1 rings (SSSR count). The largest absolute Gasteiger partial charge is 0.481 e. The maximum Gasteiger partial charge on any atom is 0.217 e. The number of nitrogens with two attached hydrogens (primary N) is 1. The fourth-order valence-corrected chi connectivity index (χ4v) is 1.41. The molecular formula is C11H19N3O2. The first-order valence-corrected chi connectivity index (χ1v) is 5.36. The lowest BCUT2D eigenvalue weighted by molar-refractivity contribution is 0.111. The predicted molar refractivity (Wildman–Crippen MR) is 62.0 cm³/mol. The highest BCUT2D eigenvalue weighted by Crippen LogP contribution is 2.21. The van der Waals surface area contributed by atoms with Gasteiger partial charge in [0.25, 0.3) is 0 Å². The molecule has 0 spiro atoms. The molecule has 0 aliphatic rings. The van der Waals surface area contributed by atoms with Crippen molar-refractivity contribution in [3.63, 3.8) is 0 Å². The summed E-state index contributed by atoms with van der Waals surface area (Å²) in [5.41, 5.74) is 3.61. The number of nitrogens with zero attached hydrogens (tertiary/aromatic N) is 1. The number of hydrogen-bond donors (Lipinski definition) is 2. The van der Waals surface area contributed by atoms with E-state index in [1.165, 1.54) is 0 Å². The van der Waals surface area contributed by atoms with Crippen LogP contribution in [0.4, 0.5) is 0 Å². The molecule has 1 atom stereocenters. The zero-order valence-electron chi connectivity index (χ0n) is 9.77. The van der Waals surface area contributed by atoms with Crippen molar-refractivity contribution in [2.75, 3.05) is 20.3 Å². The Hall–Kier alpha value is -1.17. The molecule has 16 heavy (non-hydrogen) atoms. The van der Waals surface area contributed by atoms with Gasteiger partial charge in [-0.1, -0.05) is 13.0 Å². The maximum absolute atomic E-state index is 5.50. The topological polar surface area (TPSA) is 69.4 Å². The van der Waals surface area contributed by atoms with Crippen molar-refractivity contribution in [3.8, 4) is 5.88 Å². The average Bonchev–Trinajstić information content (AvgIpc) is 2.35. The molecule has 90 valence electrons. The number of aromatic nitrogens is 1. The van der Waals surface area contributed by atoms with E-state index < -0.39 is 0 Å². The smallest absolute Gasteiger partial charge is 0.217 e. The van der Waals surface area contributed by atoms with Gasteiger partial charge in [-0.25, -0.2) is 4.98 Å². The predicted octanol–water partition coefficient (Wildman–Crippen LogP) is 1.02. The van der Waals surface area contributed by atoms with E-state index in [1.807, 2.05) is 12.1 Å². The van der Waals surface area contributed by atoms with Crippen molar-refractivity contribution in [1.82, 2.24) is 10.4 Å². The number of methoxy groups -OCH3 is 1. The van der Waals surface area contributed by atoms with Gasteiger partial charge in [0.05, 0.1) is 19.8 Å². The summed E-state index contributed by atoms with van der Waals surface area (Å²) < 4.78 is 10.6. The van der Waals surface area contributed by atoms with Crippen LogP contribution in [0.2, 0.25) is 0 Å². The molecule has 5 heteroatoms. The molecule has 0 aromatic carbocycles. The van der Waals surface area contributed by atoms with E-state index in [0.717, 1.165) is 18.6 Å². The van der Waals surface area contributed by atoms with Crippen LogP contribution in [-0.4, -0.2) is 25.3 Å². The molecule has 1 unspecified atom stereocenters. The minimum atomic E-state index is -0.102. The SMILES string of the molecule is CCCOCC(NN)c1cccnc1OC. The summed E-state index contributed by atoms with van der Waals surface area (Å²) in [5, 5.41) is 0. The van der Waals surface area contributed by atoms with E-state index in [2.05, 4.69) is 17.3 Å². The van der Waals surface area contributed by atoms with Gasteiger partial charge in [0, 0.05) is 18.4 Å². The Morgan fingerprint density at radius 2 is 2.38 bits per heavy atom. The van der Waals surface area contributed by atoms with E-state index in [4.69, 9.17) is 15.3 Å². The summed E-state index contributed by atoms with van der Waals surface area (Å²) in [5.74, 6) is 6.07. The lowest BCUT2D eigenvalue weighted by atomic mass is 10.1. The molecule has 0 amide bonds. The zero-order valence-corrected chi connectivity index (χ0v) is 9.77. The minimum absolute atomic E-state index is 0.102. The highest BCUT2D eigenvalue weighted by atomic mass is 16.5. The molecule has 1 aromatic heterocycles. The van der Waals surface area contributed by atoms with Gasteiger partial charge < -0.3 is 9.47 Å². The Balaban J connectivity index is 2.69. The molecule has 0 aliphatic heterocycles. The Labute approximate surface area is 95.9 Å². The van der Waals surface area contributed by atoms with E-state index in [0.29, 0.717) is 12.5 Å². The molecule has 5 nitrogen and oxygen atoms in total. The summed E-state index contributed by atoms with van der Waals surface area (Å²) in [6.45, 7) is 3.29. The van der Waals surface area contributed by atoms with Crippen LogP contribution in [0, 0.1) is 0 Å². The fraction of sp³-hybridized carbons (Fsp3) is 0.545. The van der Waals surface area contributed by atoms with Crippen LogP contribution in [0.25, 0.3) is 0 Å². The van der Waals surface area contributed by atoms with Gasteiger partial charge in [0.15, 0.2) is 0 Å². The van der Waals surface area contributed by atoms with Crippen LogP contribution in [0.15, 0.2) is 18.3 Å². The molecule has 0 radical (unpaired) electrons. The van der Waals surface area contributed by atoms with Crippen LogP contribution in [-0.2, 0) is 4.74 Å². The zero-order chi connectivity index (χ0) is 11.8. The summed E-state index contributed by atoms with van der Waals surface area (Å²) >= 11 is 0. The minimum Gasteiger partial charge on any atom is -0.481 e. The Bertz CT molecular complexity index is 307. The second-order valence-electron chi connectivity index (χ2n) is 3.40. The lowest BCUT2D eigenvalue weighted by Gasteiger charge is -2.17. The maximum atomic E-state index is 5.50. The van der Waals surface area contributed by atoms with Gasteiger partial charge in [-0.15, -0.1) is 0 Å². The molecule has 3 N–H and O–H groups in total. The van der Waals surface area contributed by atoms with Crippen LogP contribution in [0.5, 0.6) is 5.88 Å². The molecule has 0 bridgehead atoms. The number of pyridine rings is 1.